The second kappa shape index (κ2) is 2.78. The molecule has 0 aromatic carbocycles. The Hall–Kier alpha value is -0.0400. The van der Waals surface area contributed by atoms with Crippen molar-refractivity contribution in [2.45, 2.75) is 57.0 Å². The summed E-state index contributed by atoms with van der Waals surface area (Å²) in [4.78, 5) is 0. The second-order valence-corrected chi connectivity index (χ2v) is 12.2. The van der Waals surface area contributed by atoms with E-state index in [1.165, 1.54) is 19.3 Å². The van der Waals surface area contributed by atoms with Gasteiger partial charge in [0.1, 0.15) is 0 Å². The zero-order valence-electron chi connectivity index (χ0n) is 14.0. The molecule has 14 bridgehead atoms. The third-order valence-corrected chi connectivity index (χ3v) is 12.6. The van der Waals surface area contributed by atoms with Crippen molar-refractivity contribution in [1.82, 2.24) is 0 Å². The van der Waals surface area contributed by atoms with Crippen LogP contribution in [0.1, 0.15) is 51.4 Å². The minimum absolute atomic E-state index is 0.193. The lowest BCUT2D eigenvalue weighted by Gasteiger charge is -2.92. The van der Waals surface area contributed by atoms with Gasteiger partial charge < -0.3 is 5.11 Å². The van der Waals surface area contributed by atoms with Gasteiger partial charge in [0.2, 0.25) is 0 Å². The molecule has 0 heterocycles. The van der Waals surface area contributed by atoms with E-state index in [-0.39, 0.29) is 5.60 Å². The molecule has 122 valence electrons. The van der Waals surface area contributed by atoms with Gasteiger partial charge in [-0.1, -0.05) is 0 Å². The molecule has 6 unspecified atom stereocenters. The van der Waals surface area contributed by atoms with Crippen molar-refractivity contribution in [2.24, 2.45) is 75.9 Å². The normalized spacial score (nSPS) is 85.2. The van der Waals surface area contributed by atoms with Crippen LogP contribution in [0.2, 0.25) is 0 Å². The van der Waals surface area contributed by atoms with Crippen LogP contribution in [-0.4, -0.2) is 10.7 Å². The lowest BCUT2D eigenvalue weighted by Crippen LogP contribution is -2.89. The second-order valence-electron chi connectivity index (χ2n) is 12.2. The average molecular weight is 308 g/mol. The van der Waals surface area contributed by atoms with E-state index in [0.29, 0.717) is 5.41 Å². The van der Waals surface area contributed by atoms with Crippen molar-refractivity contribution in [2.75, 3.05) is 0 Å². The molecule has 13 aliphatic rings. The van der Waals surface area contributed by atoms with Crippen LogP contribution in [0.4, 0.5) is 0 Å². The third-order valence-electron chi connectivity index (χ3n) is 12.6. The first-order valence-corrected chi connectivity index (χ1v) is 10.9. The van der Waals surface area contributed by atoms with Gasteiger partial charge in [-0.2, -0.15) is 0 Å². The zero-order chi connectivity index (χ0) is 14.5. The Kier molecular flexibility index (Phi) is 1.39. The molecule has 23 heavy (non-hydrogen) atoms. The van der Waals surface area contributed by atoms with E-state index in [4.69, 9.17) is 0 Å². The molecule has 0 aliphatic heterocycles. The smallest absolute Gasteiger partial charge is 0.0715 e. The van der Waals surface area contributed by atoms with Crippen LogP contribution in [0.5, 0.6) is 0 Å². The number of aliphatic hydroxyl groups is 1. The predicted octanol–water partition coefficient (Wildman–Crippen LogP) is 3.71. The molecule has 14 atom stereocenters. The van der Waals surface area contributed by atoms with Crippen molar-refractivity contribution < 1.29 is 5.11 Å². The van der Waals surface area contributed by atoms with Crippen LogP contribution in [-0.2, 0) is 0 Å². The topological polar surface area (TPSA) is 20.2 Å². The zero-order valence-corrected chi connectivity index (χ0v) is 14.0. The van der Waals surface area contributed by atoms with E-state index in [9.17, 15) is 5.11 Å². The van der Waals surface area contributed by atoms with E-state index in [1.807, 2.05) is 0 Å². The summed E-state index contributed by atoms with van der Waals surface area (Å²) in [6, 6.07) is 0. The number of hydrogen-bond acceptors (Lipinski definition) is 1. The summed E-state index contributed by atoms with van der Waals surface area (Å²) in [5.41, 5.74) is 1.21. The first kappa shape index (κ1) is 11.6. The Morgan fingerprint density at radius 1 is 0.609 bits per heavy atom. The van der Waals surface area contributed by atoms with Crippen LogP contribution in [0.15, 0.2) is 0 Å². The molecule has 1 N–H and O–H groups in total. The molecular formula is C22H28O. The van der Waals surface area contributed by atoms with Gasteiger partial charge in [0.25, 0.3) is 0 Å². The molecule has 1 nitrogen and oxygen atoms in total. The maximum atomic E-state index is 12.0. The predicted molar refractivity (Wildman–Crippen MR) is 85.1 cm³/mol. The van der Waals surface area contributed by atoms with E-state index in [0.717, 1.165) is 70.5 Å². The fraction of sp³-hybridized carbons (Fsp3) is 1.00. The Balaban J connectivity index is 1.43. The quantitative estimate of drug-likeness (QED) is 0.723. The summed E-state index contributed by atoms with van der Waals surface area (Å²) in [7, 11) is 0. The van der Waals surface area contributed by atoms with Gasteiger partial charge in [-0.3, -0.25) is 0 Å². The lowest BCUT2D eigenvalue weighted by molar-refractivity contribution is -0.460. The maximum absolute atomic E-state index is 12.0. The fourth-order valence-corrected chi connectivity index (χ4v) is 13.5. The van der Waals surface area contributed by atoms with Gasteiger partial charge in [-0.25, -0.2) is 0 Å². The highest BCUT2D eigenvalue weighted by Crippen LogP contribution is 2.93. The number of rotatable bonds is 0. The SMILES string of the molecule is OC12CC34CC5C[C@H]6C7CC89CC(C[C@H]1[C@H]8[C@H]3[C@H]7C5)C[C@H]2[C@@H]9[C@H]64. The van der Waals surface area contributed by atoms with Crippen molar-refractivity contribution >= 4 is 0 Å². The molecule has 0 amide bonds. The Labute approximate surface area is 138 Å². The monoisotopic (exact) mass is 308 g/mol. The molecule has 13 fully saturated rings. The van der Waals surface area contributed by atoms with Crippen LogP contribution >= 0.6 is 0 Å². The molecule has 1 heteroatoms. The molecule has 13 saturated carbocycles. The summed E-state index contributed by atoms with van der Waals surface area (Å²) in [6.45, 7) is 0. The summed E-state index contributed by atoms with van der Waals surface area (Å²) < 4.78 is 0. The highest BCUT2D eigenvalue weighted by Gasteiger charge is 2.89. The highest BCUT2D eigenvalue weighted by atomic mass is 16.3. The third kappa shape index (κ3) is 0.794. The van der Waals surface area contributed by atoms with Gasteiger partial charge >= 0.3 is 0 Å². The van der Waals surface area contributed by atoms with Crippen molar-refractivity contribution in [3.8, 4) is 0 Å². The van der Waals surface area contributed by atoms with Gasteiger partial charge in [-0.05, 0) is 127 Å². The summed E-state index contributed by atoms with van der Waals surface area (Å²) in [5.74, 6) is 11.1. The average Bonchev–Trinajstić information content (AvgIpc) is 2.52. The van der Waals surface area contributed by atoms with Crippen molar-refractivity contribution in [3.63, 3.8) is 0 Å². The largest absolute Gasteiger partial charge is 0.389 e. The molecular weight excluding hydrogens is 280 g/mol. The Morgan fingerprint density at radius 3 is 1.91 bits per heavy atom. The maximum Gasteiger partial charge on any atom is 0.0715 e. The van der Waals surface area contributed by atoms with Gasteiger partial charge in [-0.15, -0.1) is 0 Å². The Bertz CT molecular complexity index is 654. The minimum atomic E-state index is -0.193. The summed E-state index contributed by atoms with van der Waals surface area (Å²) >= 11 is 0. The summed E-state index contributed by atoms with van der Waals surface area (Å²) in [5, 5.41) is 12.0. The van der Waals surface area contributed by atoms with E-state index >= 15 is 0 Å². The van der Waals surface area contributed by atoms with Crippen molar-refractivity contribution in [3.05, 3.63) is 0 Å². The molecule has 13 aliphatic carbocycles. The first-order valence-electron chi connectivity index (χ1n) is 10.9. The molecule has 0 aromatic heterocycles. The molecule has 2 spiro atoms. The van der Waals surface area contributed by atoms with Gasteiger partial charge in [0.05, 0.1) is 5.60 Å². The van der Waals surface area contributed by atoms with Crippen LogP contribution in [0.3, 0.4) is 0 Å². The summed E-state index contributed by atoms with van der Waals surface area (Å²) in [6.07, 6.45) is 12.1. The molecule has 0 saturated heterocycles. The minimum Gasteiger partial charge on any atom is -0.389 e. The standard InChI is InChI=1S/C22H28O/c23-22-8-21-6-9-1-11-13-7-20-5-10(3-14(22)18(20)16(11)21)4-15(22)19(20)17(21)12(13)2-9/h9-19,23H,1-8H2/t9?,10?,11-,12-,13?,14-,15-,16-,17+,18+,19-,20?,21?,22?/m0/s1. The van der Waals surface area contributed by atoms with Crippen molar-refractivity contribution in [1.29, 1.82) is 0 Å². The first-order chi connectivity index (χ1) is 11.2. The lowest BCUT2D eigenvalue weighted by atomic mass is 9.13. The fourth-order valence-electron chi connectivity index (χ4n) is 13.5. The van der Waals surface area contributed by atoms with E-state index in [2.05, 4.69) is 0 Å². The molecule has 0 aromatic rings. The molecule has 13 rings (SSSR count). The van der Waals surface area contributed by atoms with Crippen LogP contribution < -0.4 is 0 Å². The van der Waals surface area contributed by atoms with E-state index < -0.39 is 0 Å². The Morgan fingerprint density at radius 2 is 1.22 bits per heavy atom. The van der Waals surface area contributed by atoms with Gasteiger partial charge in [0.15, 0.2) is 0 Å². The highest BCUT2D eigenvalue weighted by molar-refractivity contribution is 5.37. The van der Waals surface area contributed by atoms with Gasteiger partial charge in [0, 0.05) is 0 Å². The number of hydrogen-bond donors (Lipinski definition) is 1. The van der Waals surface area contributed by atoms with Crippen LogP contribution in [0.25, 0.3) is 0 Å². The van der Waals surface area contributed by atoms with Crippen LogP contribution in [0, 0.1) is 75.9 Å². The van der Waals surface area contributed by atoms with E-state index in [1.54, 1.807) is 32.1 Å². The molecule has 0 radical (unpaired) electrons.